The molecule has 0 saturated heterocycles. The molecule has 2 aromatic rings. The summed E-state index contributed by atoms with van der Waals surface area (Å²) in [7, 11) is 3.14. The fraction of sp³-hybridized carbons (Fsp3) is 0.200. The van der Waals surface area contributed by atoms with E-state index in [-0.39, 0.29) is 11.9 Å². The van der Waals surface area contributed by atoms with Gasteiger partial charge in [-0.15, -0.1) is 0 Å². The number of urea groups is 1. The maximum Gasteiger partial charge on any atom is 0.316 e. The Morgan fingerprint density at radius 1 is 1.04 bits per heavy atom. The van der Waals surface area contributed by atoms with E-state index in [9.17, 15) is 9.59 Å². The number of rotatable bonds is 7. The molecule has 0 fully saturated rings. The third-order valence-corrected chi connectivity index (χ3v) is 3.84. The number of hydrogen-bond donors (Lipinski definition) is 3. The van der Waals surface area contributed by atoms with Gasteiger partial charge in [-0.05, 0) is 48.4 Å². The molecule has 1 atom stereocenters. The van der Waals surface area contributed by atoms with Gasteiger partial charge in [0.05, 0.1) is 20.3 Å². The second-order valence-corrected chi connectivity index (χ2v) is 5.82. The van der Waals surface area contributed by atoms with Crippen molar-refractivity contribution in [3.05, 3.63) is 59.7 Å². The standard InChI is InChI=1S/C20H23N3O4/c1-13(15-5-7-16(8-6-15)23-20(21)25)22-19(24)9-4-14-10-17(26-2)12-18(11-14)27-3/h4-13H,1-3H3,(H,22,24)(H3,21,23,25)/b9-4-/t13-/m1/s1. The van der Waals surface area contributed by atoms with E-state index in [0.29, 0.717) is 17.2 Å². The first-order chi connectivity index (χ1) is 12.9. The van der Waals surface area contributed by atoms with E-state index in [4.69, 9.17) is 15.2 Å². The van der Waals surface area contributed by atoms with Gasteiger partial charge in [-0.3, -0.25) is 4.79 Å². The summed E-state index contributed by atoms with van der Waals surface area (Å²) in [5.74, 6) is 1.06. The first-order valence-corrected chi connectivity index (χ1v) is 8.29. The van der Waals surface area contributed by atoms with E-state index in [0.717, 1.165) is 11.1 Å². The highest BCUT2D eigenvalue weighted by Gasteiger charge is 2.08. The van der Waals surface area contributed by atoms with E-state index in [2.05, 4.69) is 10.6 Å². The van der Waals surface area contributed by atoms with Gasteiger partial charge in [-0.25, -0.2) is 4.79 Å². The summed E-state index contributed by atoms with van der Waals surface area (Å²) in [6.07, 6.45) is 3.14. The first-order valence-electron chi connectivity index (χ1n) is 8.29. The van der Waals surface area contributed by atoms with E-state index in [1.54, 1.807) is 50.6 Å². The summed E-state index contributed by atoms with van der Waals surface area (Å²) in [5.41, 5.74) is 7.36. The van der Waals surface area contributed by atoms with Gasteiger partial charge in [-0.2, -0.15) is 0 Å². The predicted octanol–water partition coefficient (Wildman–Crippen LogP) is 3.09. The van der Waals surface area contributed by atoms with E-state index >= 15 is 0 Å². The number of carbonyl (C=O) groups is 2. The van der Waals surface area contributed by atoms with Crippen molar-refractivity contribution in [3.63, 3.8) is 0 Å². The van der Waals surface area contributed by atoms with Crippen LogP contribution in [0.1, 0.15) is 24.1 Å². The molecule has 4 N–H and O–H groups in total. The minimum Gasteiger partial charge on any atom is -0.497 e. The molecule has 0 aliphatic rings. The number of methoxy groups -OCH3 is 2. The minimum absolute atomic E-state index is 0.204. The number of carbonyl (C=O) groups excluding carboxylic acids is 2. The molecular weight excluding hydrogens is 346 g/mol. The van der Waals surface area contributed by atoms with Gasteiger partial charge in [0.1, 0.15) is 11.5 Å². The molecule has 7 nitrogen and oxygen atoms in total. The molecule has 0 saturated carbocycles. The normalized spacial score (nSPS) is 11.7. The molecule has 3 amide bonds. The van der Waals surface area contributed by atoms with Crippen LogP contribution >= 0.6 is 0 Å². The quantitative estimate of drug-likeness (QED) is 0.653. The van der Waals surface area contributed by atoms with Gasteiger partial charge in [0, 0.05) is 17.8 Å². The fourth-order valence-corrected chi connectivity index (χ4v) is 2.44. The number of benzene rings is 2. The SMILES string of the molecule is COc1cc(/C=C\C(=O)N[C@H](C)c2ccc(NC(N)=O)cc2)cc(OC)c1. The maximum absolute atomic E-state index is 12.2. The van der Waals surface area contributed by atoms with Crippen LogP contribution in [-0.2, 0) is 4.79 Å². The molecule has 27 heavy (non-hydrogen) atoms. The number of hydrogen-bond acceptors (Lipinski definition) is 4. The average molecular weight is 369 g/mol. The molecule has 0 radical (unpaired) electrons. The van der Waals surface area contributed by atoms with Crippen LogP contribution in [0.4, 0.5) is 10.5 Å². The third-order valence-electron chi connectivity index (χ3n) is 3.84. The topological polar surface area (TPSA) is 103 Å². The highest BCUT2D eigenvalue weighted by atomic mass is 16.5. The number of anilines is 1. The second-order valence-electron chi connectivity index (χ2n) is 5.82. The molecule has 0 heterocycles. The van der Waals surface area contributed by atoms with Gasteiger partial charge in [0.25, 0.3) is 0 Å². The number of amides is 3. The molecule has 0 unspecified atom stereocenters. The number of primary amides is 1. The van der Waals surface area contributed by atoms with E-state index in [1.807, 2.05) is 19.1 Å². The molecule has 2 rings (SSSR count). The van der Waals surface area contributed by atoms with Crippen LogP contribution in [0.2, 0.25) is 0 Å². The van der Waals surface area contributed by atoms with Crippen molar-refractivity contribution in [2.75, 3.05) is 19.5 Å². The number of nitrogens with two attached hydrogens (primary N) is 1. The predicted molar refractivity (Wildman–Crippen MR) is 105 cm³/mol. The Morgan fingerprint density at radius 2 is 1.63 bits per heavy atom. The summed E-state index contributed by atoms with van der Waals surface area (Å²) < 4.78 is 10.4. The smallest absolute Gasteiger partial charge is 0.316 e. The van der Waals surface area contributed by atoms with E-state index in [1.165, 1.54) is 6.08 Å². The zero-order chi connectivity index (χ0) is 19.8. The third kappa shape index (κ3) is 6.07. The van der Waals surface area contributed by atoms with Crippen LogP contribution in [0.15, 0.2) is 48.5 Å². The molecule has 0 spiro atoms. The number of ether oxygens (including phenoxy) is 2. The Labute approximate surface area is 158 Å². The lowest BCUT2D eigenvalue weighted by atomic mass is 10.1. The molecule has 0 bridgehead atoms. The molecule has 0 aromatic heterocycles. The lowest BCUT2D eigenvalue weighted by Crippen LogP contribution is -2.24. The summed E-state index contributed by atoms with van der Waals surface area (Å²) in [6.45, 7) is 1.87. The average Bonchev–Trinajstić information content (AvgIpc) is 2.66. The Balaban J connectivity index is 2.00. The van der Waals surface area contributed by atoms with Gasteiger partial charge in [-0.1, -0.05) is 12.1 Å². The van der Waals surface area contributed by atoms with Crippen LogP contribution in [0.25, 0.3) is 6.08 Å². The Morgan fingerprint density at radius 3 is 2.15 bits per heavy atom. The molecular formula is C20H23N3O4. The van der Waals surface area contributed by atoms with Crippen LogP contribution in [0, 0.1) is 0 Å². The van der Waals surface area contributed by atoms with Crippen molar-refractivity contribution in [3.8, 4) is 11.5 Å². The molecule has 142 valence electrons. The monoisotopic (exact) mass is 369 g/mol. The fourth-order valence-electron chi connectivity index (χ4n) is 2.44. The summed E-state index contributed by atoms with van der Waals surface area (Å²) >= 11 is 0. The molecule has 0 aliphatic heterocycles. The highest BCUT2D eigenvalue weighted by Crippen LogP contribution is 2.23. The lowest BCUT2D eigenvalue weighted by Gasteiger charge is -2.13. The van der Waals surface area contributed by atoms with Crippen LogP contribution < -0.4 is 25.8 Å². The van der Waals surface area contributed by atoms with Crippen LogP contribution in [-0.4, -0.2) is 26.2 Å². The molecule has 0 aliphatic carbocycles. The van der Waals surface area contributed by atoms with Crippen LogP contribution in [0.5, 0.6) is 11.5 Å². The highest BCUT2D eigenvalue weighted by molar-refractivity contribution is 5.92. The van der Waals surface area contributed by atoms with E-state index < -0.39 is 6.03 Å². The summed E-state index contributed by atoms with van der Waals surface area (Å²) in [6, 6.07) is 11.6. The minimum atomic E-state index is -0.622. The van der Waals surface area contributed by atoms with Crippen LogP contribution in [0.3, 0.4) is 0 Å². The van der Waals surface area contributed by atoms with Crippen molar-refractivity contribution >= 4 is 23.7 Å². The molecule has 2 aromatic carbocycles. The van der Waals surface area contributed by atoms with Crippen molar-refractivity contribution in [2.24, 2.45) is 5.73 Å². The second kappa shape index (κ2) is 9.28. The van der Waals surface area contributed by atoms with Gasteiger partial charge >= 0.3 is 6.03 Å². The van der Waals surface area contributed by atoms with Gasteiger partial charge < -0.3 is 25.8 Å². The Bertz CT molecular complexity index is 809. The Kier molecular flexibility index (Phi) is 6.82. The van der Waals surface area contributed by atoms with Gasteiger partial charge in [0.2, 0.25) is 5.91 Å². The van der Waals surface area contributed by atoms with Crippen molar-refractivity contribution < 1.29 is 19.1 Å². The summed E-state index contributed by atoms with van der Waals surface area (Å²) in [5, 5.41) is 5.37. The molecule has 7 heteroatoms. The Hall–Kier alpha value is -3.48. The summed E-state index contributed by atoms with van der Waals surface area (Å²) in [4.78, 5) is 23.0. The zero-order valence-corrected chi connectivity index (χ0v) is 15.5. The van der Waals surface area contributed by atoms with Crippen molar-refractivity contribution in [2.45, 2.75) is 13.0 Å². The number of nitrogens with one attached hydrogen (secondary N) is 2. The van der Waals surface area contributed by atoms with Crippen molar-refractivity contribution in [1.82, 2.24) is 5.32 Å². The zero-order valence-electron chi connectivity index (χ0n) is 15.5. The van der Waals surface area contributed by atoms with Gasteiger partial charge in [0.15, 0.2) is 0 Å². The van der Waals surface area contributed by atoms with Crippen molar-refractivity contribution in [1.29, 1.82) is 0 Å². The largest absolute Gasteiger partial charge is 0.497 e. The first kappa shape index (κ1) is 19.8. The maximum atomic E-state index is 12.2. The lowest BCUT2D eigenvalue weighted by molar-refractivity contribution is -0.117.